The van der Waals surface area contributed by atoms with E-state index in [0.29, 0.717) is 10.8 Å². The highest BCUT2D eigenvalue weighted by Crippen LogP contribution is 2.20. The third-order valence-corrected chi connectivity index (χ3v) is 4.63. The molecule has 24 heavy (non-hydrogen) atoms. The van der Waals surface area contributed by atoms with Gasteiger partial charge < -0.3 is 10.4 Å². The maximum atomic E-state index is 12.0. The molecule has 1 heterocycles. The quantitative estimate of drug-likeness (QED) is 0.456. The van der Waals surface area contributed by atoms with Gasteiger partial charge in [0.25, 0.3) is 0 Å². The van der Waals surface area contributed by atoms with Crippen LogP contribution in [0.1, 0.15) is 0 Å². The molecular weight excluding hydrogens is 441 g/mol. The Morgan fingerprint density at radius 1 is 1.17 bits per heavy atom. The Hall–Kier alpha value is -2.14. The average molecular weight is 453 g/mol. The van der Waals surface area contributed by atoms with Gasteiger partial charge >= 0.3 is 0 Å². The topological polar surface area (TPSA) is 92.9 Å². The van der Waals surface area contributed by atoms with Gasteiger partial charge in [-0.2, -0.15) is 4.68 Å². The smallest absolute Gasteiger partial charge is 0.234 e. The Morgan fingerprint density at radius 2 is 1.88 bits per heavy atom. The number of amides is 1. The zero-order valence-electron chi connectivity index (χ0n) is 12.3. The monoisotopic (exact) mass is 453 g/mol. The molecule has 9 heteroatoms. The lowest BCUT2D eigenvalue weighted by Crippen LogP contribution is -2.14. The van der Waals surface area contributed by atoms with Crippen LogP contribution >= 0.6 is 34.4 Å². The molecule has 3 aromatic rings. The summed E-state index contributed by atoms with van der Waals surface area (Å²) in [6.45, 7) is 0. The Balaban J connectivity index is 1.63. The van der Waals surface area contributed by atoms with Gasteiger partial charge in [-0.05, 0) is 81.5 Å². The SMILES string of the molecule is O=C(CSc1nnnn1-c1ccc(O)cc1)Nc1ccc(I)cc1. The van der Waals surface area contributed by atoms with Crippen molar-refractivity contribution in [3.05, 3.63) is 52.1 Å². The molecule has 1 aromatic heterocycles. The van der Waals surface area contributed by atoms with Crippen molar-refractivity contribution in [3.8, 4) is 11.4 Å². The highest BCUT2D eigenvalue weighted by atomic mass is 127. The highest BCUT2D eigenvalue weighted by Gasteiger charge is 2.11. The van der Waals surface area contributed by atoms with Crippen molar-refractivity contribution in [2.75, 3.05) is 11.1 Å². The fourth-order valence-corrected chi connectivity index (χ4v) is 2.94. The second-order valence-electron chi connectivity index (χ2n) is 4.73. The third-order valence-electron chi connectivity index (χ3n) is 3.00. The summed E-state index contributed by atoms with van der Waals surface area (Å²) in [7, 11) is 0. The number of phenols is 1. The first-order valence-electron chi connectivity index (χ1n) is 6.88. The van der Waals surface area contributed by atoms with E-state index in [9.17, 15) is 9.90 Å². The van der Waals surface area contributed by atoms with Crippen LogP contribution in [0.25, 0.3) is 5.69 Å². The minimum Gasteiger partial charge on any atom is -0.508 e. The van der Waals surface area contributed by atoms with Crippen LogP contribution in [0.15, 0.2) is 53.7 Å². The van der Waals surface area contributed by atoms with E-state index in [1.807, 2.05) is 24.3 Å². The summed E-state index contributed by atoms with van der Waals surface area (Å²) < 4.78 is 2.62. The number of hydrogen-bond acceptors (Lipinski definition) is 6. The van der Waals surface area contributed by atoms with Gasteiger partial charge in [-0.3, -0.25) is 4.79 Å². The highest BCUT2D eigenvalue weighted by molar-refractivity contribution is 14.1. The number of aromatic nitrogens is 4. The Kier molecular flexibility index (Phi) is 5.30. The molecule has 0 aliphatic heterocycles. The molecule has 2 N–H and O–H groups in total. The van der Waals surface area contributed by atoms with E-state index in [1.165, 1.54) is 16.4 Å². The number of phenolic OH excluding ortho intramolecular Hbond substituents is 1. The number of nitrogens with zero attached hydrogens (tertiary/aromatic N) is 4. The zero-order valence-corrected chi connectivity index (χ0v) is 15.2. The van der Waals surface area contributed by atoms with E-state index in [2.05, 4.69) is 43.4 Å². The average Bonchev–Trinajstić information content (AvgIpc) is 3.04. The summed E-state index contributed by atoms with van der Waals surface area (Å²) in [5, 5.41) is 24.1. The third kappa shape index (κ3) is 4.23. The van der Waals surface area contributed by atoms with Gasteiger partial charge in [0.2, 0.25) is 11.1 Å². The molecule has 0 spiro atoms. The second-order valence-corrected chi connectivity index (χ2v) is 6.92. The van der Waals surface area contributed by atoms with Crippen LogP contribution in [0.4, 0.5) is 5.69 Å². The number of aromatic hydroxyl groups is 1. The van der Waals surface area contributed by atoms with Crippen LogP contribution in [0.2, 0.25) is 0 Å². The van der Waals surface area contributed by atoms with Gasteiger partial charge in [0.1, 0.15) is 5.75 Å². The van der Waals surface area contributed by atoms with Gasteiger partial charge in [0, 0.05) is 9.26 Å². The number of anilines is 1. The summed E-state index contributed by atoms with van der Waals surface area (Å²) in [4.78, 5) is 12.0. The van der Waals surface area contributed by atoms with Crippen molar-refractivity contribution in [1.29, 1.82) is 0 Å². The lowest BCUT2D eigenvalue weighted by atomic mass is 10.3. The first kappa shape index (κ1) is 16.7. The fourth-order valence-electron chi connectivity index (χ4n) is 1.89. The first-order valence-corrected chi connectivity index (χ1v) is 8.94. The molecule has 0 fully saturated rings. The van der Waals surface area contributed by atoms with E-state index in [0.717, 1.165) is 9.26 Å². The molecule has 0 saturated heterocycles. The number of nitrogens with one attached hydrogen (secondary N) is 1. The standard InChI is InChI=1S/C15H12IN5O2S/c16-10-1-3-11(4-2-10)17-14(23)9-24-15-18-19-20-21(15)12-5-7-13(22)8-6-12/h1-8,22H,9H2,(H,17,23). The van der Waals surface area contributed by atoms with Crippen molar-refractivity contribution in [3.63, 3.8) is 0 Å². The molecule has 0 saturated carbocycles. The van der Waals surface area contributed by atoms with Crippen LogP contribution in [0.3, 0.4) is 0 Å². The molecule has 122 valence electrons. The molecule has 0 atom stereocenters. The minimum atomic E-state index is -0.138. The van der Waals surface area contributed by atoms with E-state index >= 15 is 0 Å². The maximum absolute atomic E-state index is 12.0. The normalized spacial score (nSPS) is 10.5. The maximum Gasteiger partial charge on any atom is 0.234 e. The number of carbonyl (C=O) groups excluding carboxylic acids is 1. The van der Waals surface area contributed by atoms with Crippen molar-refractivity contribution in [2.24, 2.45) is 0 Å². The lowest BCUT2D eigenvalue weighted by Gasteiger charge is -2.06. The van der Waals surface area contributed by atoms with E-state index in [4.69, 9.17) is 0 Å². The number of thioether (sulfide) groups is 1. The number of carbonyl (C=O) groups is 1. The molecule has 7 nitrogen and oxygen atoms in total. The molecule has 0 aliphatic rings. The van der Waals surface area contributed by atoms with Crippen molar-refractivity contribution < 1.29 is 9.90 Å². The summed E-state index contributed by atoms with van der Waals surface area (Å²) in [6.07, 6.45) is 0. The summed E-state index contributed by atoms with van der Waals surface area (Å²) in [6, 6.07) is 14.0. The largest absolute Gasteiger partial charge is 0.508 e. The minimum absolute atomic E-state index is 0.138. The second kappa shape index (κ2) is 7.62. The molecular formula is C15H12IN5O2S. The lowest BCUT2D eigenvalue weighted by molar-refractivity contribution is -0.113. The van der Waals surface area contributed by atoms with Gasteiger partial charge in [-0.15, -0.1) is 5.10 Å². The van der Waals surface area contributed by atoms with Gasteiger partial charge in [0.15, 0.2) is 0 Å². The van der Waals surface area contributed by atoms with Gasteiger partial charge in [-0.25, -0.2) is 0 Å². The molecule has 2 aromatic carbocycles. The predicted molar refractivity (Wildman–Crippen MR) is 99.3 cm³/mol. The Morgan fingerprint density at radius 3 is 2.58 bits per heavy atom. The fraction of sp³-hybridized carbons (Fsp3) is 0.0667. The molecule has 0 radical (unpaired) electrons. The Labute approximate surface area is 155 Å². The number of hydrogen-bond donors (Lipinski definition) is 2. The summed E-state index contributed by atoms with van der Waals surface area (Å²) >= 11 is 3.44. The number of rotatable bonds is 5. The van der Waals surface area contributed by atoms with Crippen LogP contribution in [0.5, 0.6) is 5.75 Å². The molecule has 0 bridgehead atoms. The van der Waals surface area contributed by atoms with E-state index in [1.54, 1.807) is 24.3 Å². The Bertz CT molecular complexity index is 836. The first-order chi connectivity index (χ1) is 11.6. The van der Waals surface area contributed by atoms with Crippen LogP contribution in [-0.2, 0) is 4.79 Å². The molecule has 0 unspecified atom stereocenters. The predicted octanol–water partition coefficient (Wildman–Crippen LogP) is 2.70. The van der Waals surface area contributed by atoms with E-state index < -0.39 is 0 Å². The van der Waals surface area contributed by atoms with Gasteiger partial charge in [-0.1, -0.05) is 11.8 Å². The molecule has 1 amide bonds. The van der Waals surface area contributed by atoms with Crippen LogP contribution in [-0.4, -0.2) is 37.0 Å². The van der Waals surface area contributed by atoms with Crippen LogP contribution in [0, 0.1) is 3.57 Å². The number of benzene rings is 2. The molecule has 0 aliphatic carbocycles. The summed E-state index contributed by atoms with van der Waals surface area (Å²) in [5.41, 5.74) is 1.46. The number of tetrazole rings is 1. The van der Waals surface area contributed by atoms with Gasteiger partial charge in [0.05, 0.1) is 11.4 Å². The zero-order chi connectivity index (χ0) is 16.9. The summed E-state index contributed by atoms with van der Waals surface area (Å²) in [5.74, 6) is 0.212. The molecule has 3 rings (SSSR count). The van der Waals surface area contributed by atoms with Crippen LogP contribution < -0.4 is 5.32 Å². The van der Waals surface area contributed by atoms with Crippen molar-refractivity contribution in [1.82, 2.24) is 20.2 Å². The van der Waals surface area contributed by atoms with E-state index in [-0.39, 0.29) is 17.4 Å². The van der Waals surface area contributed by atoms with Crippen molar-refractivity contribution >= 4 is 45.9 Å². The number of halogens is 1. The van der Waals surface area contributed by atoms with Crippen molar-refractivity contribution in [2.45, 2.75) is 5.16 Å².